The predicted molar refractivity (Wildman–Crippen MR) is 134 cm³/mol. The number of hydrogen-bond donors (Lipinski definition) is 6. The van der Waals surface area contributed by atoms with Crippen molar-refractivity contribution in [1.29, 1.82) is 0 Å². The second-order valence-electron chi connectivity index (χ2n) is 8.59. The maximum absolute atomic E-state index is 12.4. The van der Waals surface area contributed by atoms with E-state index in [1.165, 1.54) is 22.2 Å². The molecule has 5 atom stereocenters. The highest BCUT2D eigenvalue weighted by Gasteiger charge is 2.45. The van der Waals surface area contributed by atoms with Crippen LogP contribution in [0.25, 0.3) is 0 Å². The molecule has 1 aromatic rings. The average Bonchev–Trinajstić information content (AvgIpc) is 3.06. The highest BCUT2D eigenvalue weighted by Crippen LogP contribution is 2.45. The van der Waals surface area contributed by atoms with E-state index < -0.39 is 31.0 Å². The Morgan fingerprint density at radius 3 is 2.56 bits per heavy atom. The van der Waals surface area contributed by atoms with Crippen molar-refractivity contribution in [3.05, 3.63) is 29.3 Å². The molecule has 5 unspecified atom stereocenters. The second-order valence-corrected chi connectivity index (χ2v) is 9.67. The van der Waals surface area contributed by atoms with Crippen molar-refractivity contribution in [2.75, 3.05) is 36.2 Å². The molecule has 0 aliphatic carbocycles. The van der Waals surface area contributed by atoms with E-state index in [2.05, 4.69) is 33.2 Å². The normalized spacial score (nSPS) is 27.0. The highest BCUT2D eigenvalue weighted by molar-refractivity contribution is 14.1. The van der Waals surface area contributed by atoms with E-state index in [0.29, 0.717) is 49.5 Å². The number of benzene rings is 1. The Hall–Kier alpha value is -0.900. The lowest BCUT2D eigenvalue weighted by molar-refractivity contribution is -0.158. The van der Waals surface area contributed by atoms with Crippen LogP contribution in [0.2, 0.25) is 0 Å². The van der Waals surface area contributed by atoms with Crippen LogP contribution in [-0.2, 0) is 14.3 Å². The zero-order valence-electron chi connectivity index (χ0n) is 19.2. The number of fused-ring (bicyclic) bond motifs is 1. The van der Waals surface area contributed by atoms with E-state index in [1.807, 2.05) is 0 Å². The molecule has 2 aliphatic rings. The van der Waals surface area contributed by atoms with Gasteiger partial charge < -0.3 is 35.2 Å². The zero-order valence-corrected chi connectivity index (χ0v) is 21.4. The van der Waals surface area contributed by atoms with Crippen molar-refractivity contribution >= 4 is 34.2 Å². The van der Waals surface area contributed by atoms with Gasteiger partial charge in [0, 0.05) is 23.4 Å². The lowest BCUT2D eigenvalue weighted by Gasteiger charge is -2.40. The maximum Gasteiger partial charge on any atom is 0.250 e. The van der Waals surface area contributed by atoms with Crippen LogP contribution in [-0.4, -0.2) is 80.6 Å². The lowest BCUT2D eigenvalue weighted by atomic mass is 10.0. The Morgan fingerprint density at radius 2 is 1.79 bits per heavy atom. The Balaban J connectivity index is 1.46. The second kappa shape index (κ2) is 14.0. The fraction of sp³-hybridized carbons (Fsp3) is 0.696. The number of rotatable bonds is 13. The van der Waals surface area contributed by atoms with Gasteiger partial charge in [-0.1, -0.05) is 47.6 Å². The van der Waals surface area contributed by atoms with Crippen LogP contribution in [0.1, 0.15) is 62.1 Å². The number of nitrogens with one attached hydrogen (secondary N) is 2. The van der Waals surface area contributed by atoms with E-state index in [0.717, 1.165) is 12.8 Å². The van der Waals surface area contributed by atoms with E-state index in [1.54, 1.807) is 18.2 Å². The van der Waals surface area contributed by atoms with Crippen LogP contribution in [0.3, 0.4) is 0 Å². The molecule has 10 nitrogen and oxygen atoms in total. The van der Waals surface area contributed by atoms with Gasteiger partial charge in [0.2, 0.25) is 5.91 Å². The molecule has 34 heavy (non-hydrogen) atoms. The Kier molecular flexibility index (Phi) is 11.4. The number of aliphatic hydroxyl groups excluding tert-OH is 4. The number of halogens is 1. The number of alkyl halides is 1. The summed E-state index contributed by atoms with van der Waals surface area (Å²) in [4.78, 5) is 13.8. The summed E-state index contributed by atoms with van der Waals surface area (Å²) in [5.41, 5.74) is 1.21. The number of piperidine rings is 1. The fourth-order valence-electron chi connectivity index (χ4n) is 4.42. The van der Waals surface area contributed by atoms with Gasteiger partial charge in [0.05, 0.1) is 19.3 Å². The first kappa shape index (κ1) is 27.7. The Morgan fingerprint density at radius 1 is 1.03 bits per heavy atom. The first-order valence-electron chi connectivity index (χ1n) is 11.8. The van der Waals surface area contributed by atoms with Gasteiger partial charge in [-0.05, 0) is 36.2 Å². The molecule has 0 spiro atoms. The van der Waals surface area contributed by atoms with Crippen molar-refractivity contribution in [1.82, 2.24) is 10.2 Å². The zero-order chi connectivity index (χ0) is 24.5. The quantitative estimate of drug-likeness (QED) is 0.114. The molecule has 0 bridgehead atoms. The van der Waals surface area contributed by atoms with Crippen molar-refractivity contribution in [3.63, 3.8) is 0 Å². The predicted octanol–water partition coefficient (Wildman–Crippen LogP) is 1.34. The highest BCUT2D eigenvalue weighted by atomic mass is 127. The van der Waals surface area contributed by atoms with E-state index >= 15 is 0 Å². The third-order valence-electron chi connectivity index (χ3n) is 6.14. The van der Waals surface area contributed by atoms with Crippen LogP contribution in [0.15, 0.2) is 18.2 Å². The van der Waals surface area contributed by atoms with Crippen molar-refractivity contribution < 1.29 is 34.7 Å². The molecule has 1 fully saturated rings. The number of anilines is 1. The molecule has 1 amide bonds. The summed E-state index contributed by atoms with van der Waals surface area (Å²) in [6, 6.07) is 4.39. The van der Waals surface area contributed by atoms with Crippen LogP contribution in [0, 0.1) is 0 Å². The maximum atomic E-state index is 12.4. The molecule has 2 heterocycles. The summed E-state index contributed by atoms with van der Waals surface area (Å²) in [5, 5.41) is 47.2. The molecule has 192 valence electrons. The van der Waals surface area contributed by atoms with Gasteiger partial charge >= 0.3 is 0 Å². The number of nitrogens with zero attached hydrogens (tertiary/aromatic N) is 1. The minimum atomic E-state index is -1.23. The third-order valence-corrected chi connectivity index (χ3v) is 6.90. The summed E-state index contributed by atoms with van der Waals surface area (Å²) in [6.07, 6.45) is 1.05. The number of unbranched alkanes of at least 4 members (excludes halogenated alkanes) is 3. The average molecular weight is 593 g/mol. The SMILES string of the molecule is O=C(COCCOCCCCCCI)Nc1cccc2c1C(O)N(C1CCC(O)NC1O)C2O. The van der Waals surface area contributed by atoms with Gasteiger partial charge in [-0.2, -0.15) is 0 Å². The number of amides is 1. The summed E-state index contributed by atoms with van der Waals surface area (Å²) in [7, 11) is 0. The monoisotopic (exact) mass is 593 g/mol. The van der Waals surface area contributed by atoms with Crippen LogP contribution < -0.4 is 10.6 Å². The molecule has 0 saturated carbocycles. The topological polar surface area (TPSA) is 144 Å². The van der Waals surface area contributed by atoms with Gasteiger partial charge in [-0.3, -0.25) is 10.1 Å². The van der Waals surface area contributed by atoms with Crippen LogP contribution >= 0.6 is 22.6 Å². The van der Waals surface area contributed by atoms with Crippen molar-refractivity contribution in [2.24, 2.45) is 0 Å². The molecule has 1 aromatic carbocycles. The molecule has 6 N–H and O–H groups in total. The van der Waals surface area contributed by atoms with Gasteiger partial charge in [0.1, 0.15) is 31.5 Å². The van der Waals surface area contributed by atoms with Gasteiger partial charge in [-0.25, -0.2) is 4.90 Å². The molecule has 11 heteroatoms. The van der Waals surface area contributed by atoms with Crippen LogP contribution in [0.4, 0.5) is 5.69 Å². The molecule has 0 aromatic heterocycles. The summed E-state index contributed by atoms with van der Waals surface area (Å²) < 4.78 is 12.1. The molecular weight excluding hydrogens is 557 g/mol. The smallest absolute Gasteiger partial charge is 0.250 e. The lowest BCUT2D eigenvalue weighted by Crippen LogP contribution is -2.57. The molecule has 1 saturated heterocycles. The standard InChI is InChI=1S/C23H36IN3O7/c24-10-3-1-2-4-11-33-12-13-34-14-19(29)25-16-7-5-6-15-20(16)23(32)27(22(15)31)17-8-9-18(28)26-21(17)30/h5-7,17-18,21-23,26,28,30-32H,1-4,8-14H2,(H,25,29). The van der Waals surface area contributed by atoms with E-state index in [9.17, 15) is 25.2 Å². The summed E-state index contributed by atoms with van der Waals surface area (Å²) in [5.74, 6) is -0.380. The van der Waals surface area contributed by atoms with Crippen molar-refractivity contribution in [3.8, 4) is 0 Å². The first-order valence-corrected chi connectivity index (χ1v) is 13.4. The molecule has 2 aliphatic heterocycles. The Labute approximate surface area is 213 Å². The molecule has 3 rings (SSSR count). The summed E-state index contributed by atoms with van der Waals surface area (Å²) in [6.45, 7) is 1.26. The number of aliphatic hydroxyl groups is 4. The van der Waals surface area contributed by atoms with E-state index in [4.69, 9.17) is 9.47 Å². The molecule has 0 radical (unpaired) electrons. The minimum absolute atomic E-state index is 0.159. The van der Waals surface area contributed by atoms with E-state index in [-0.39, 0.29) is 12.5 Å². The number of hydrogen-bond acceptors (Lipinski definition) is 9. The Bertz CT molecular complexity index is 787. The fourth-order valence-corrected chi connectivity index (χ4v) is 4.96. The number of carbonyl (C=O) groups excluding carboxylic acids is 1. The number of ether oxygens (including phenoxy) is 2. The van der Waals surface area contributed by atoms with Gasteiger partial charge in [0.15, 0.2) is 0 Å². The van der Waals surface area contributed by atoms with Crippen LogP contribution in [0.5, 0.6) is 0 Å². The first-order chi connectivity index (χ1) is 16.4. The minimum Gasteiger partial charge on any atom is -0.379 e. The summed E-state index contributed by atoms with van der Waals surface area (Å²) >= 11 is 2.38. The van der Waals surface area contributed by atoms with Crippen molar-refractivity contribution in [2.45, 2.75) is 69.5 Å². The van der Waals surface area contributed by atoms with Gasteiger partial charge in [0.25, 0.3) is 0 Å². The van der Waals surface area contributed by atoms with Gasteiger partial charge in [-0.15, -0.1) is 0 Å². The molecular formula is C23H36IN3O7. The third kappa shape index (κ3) is 7.31. The largest absolute Gasteiger partial charge is 0.379 e. The number of carbonyl (C=O) groups is 1.